The Morgan fingerprint density at radius 1 is 0.648 bits per heavy atom. The number of carbonyl (C=O) groups excluding carboxylic acids is 2. The van der Waals surface area contributed by atoms with Gasteiger partial charge in [-0.25, -0.2) is 21.6 Å². The summed E-state index contributed by atoms with van der Waals surface area (Å²) in [4.78, 5) is 44.9. The van der Waals surface area contributed by atoms with Gasteiger partial charge in [-0.2, -0.15) is 33.7 Å². The normalized spacial score (nSPS) is 16.6. The summed E-state index contributed by atoms with van der Waals surface area (Å²) in [6.45, 7) is 55.3. The van der Waals surface area contributed by atoms with Gasteiger partial charge in [0.2, 0.25) is 5.91 Å². The number of ether oxygens (including phenoxy) is 3. The first-order valence-corrected chi connectivity index (χ1v) is 64.1. The molecule has 21 nitrogen and oxygen atoms in total. The zero-order valence-corrected chi connectivity index (χ0v) is 93.1. The van der Waals surface area contributed by atoms with Crippen molar-refractivity contribution in [3.63, 3.8) is 0 Å². The van der Waals surface area contributed by atoms with Gasteiger partial charge in [-0.15, -0.1) is 11.8 Å². The minimum Gasteiger partial charge on any atom is -0.727 e. The van der Waals surface area contributed by atoms with Crippen molar-refractivity contribution in [3.8, 4) is 0 Å². The third-order valence-electron chi connectivity index (χ3n) is 15.1. The standard InChI is InChI=1S/C17H20P2S4.C15H24NPS2.C8H16N2O2S.C8H15NO3S.C8H18O3S2.C8H14O2S.C7H16O2S2.C6H13NOS.C5H12O3S2/c1-13-5-9-15(10-6-13)18(20)22-19(21,23-18)16-11-7-14(8-12-16)17(2,3)4;1-15(2,3)13-7-9-14(10-8-13)17(18,19)16-11-5-4-6-12-16;1-5(2)10-6(8(11)12)3-4-7(9)13;1-5(2)3-7(10)9-6(4-13)8(11)12;1-8(2,3)11-6-5-7-12-13(4,9)10;1-6(11)5-10-7(9)8(2,3)4;1-7(2,3)5-6-10-11(4,8)9;1-6(2,3)8-4-5(7)9;1-5(2)8-10(6,7)4-3-9/h5-12H,1-4H3;7-10H,4-6,11-12H2,1-3H3,(H,18,19);5-6,10H,3-4H2,1-2H3,(H2,9,13)(H,11,12);5-6,13H,3-4H2,1-2H3,(H,9,10)(H,11,12);5-7H2,1-4H3;5H2,1-4H3;5-6H2,1-4H3;4H2,1-3H3,(H2,7,9);5,9H,3-4H2,1-2H3/p-1. The number of rotatable bonds is 31. The highest BCUT2D eigenvalue weighted by Gasteiger charge is 2.46. The molecule has 2 heterocycles. The number of thiol groups is 2. The molecule has 0 aliphatic carbocycles. The molecule has 0 bridgehead atoms. The van der Waals surface area contributed by atoms with E-state index in [1.54, 1.807) is 20.8 Å². The van der Waals surface area contributed by atoms with Gasteiger partial charge in [0.15, 0.2) is 17.7 Å². The summed E-state index contributed by atoms with van der Waals surface area (Å²) in [7, 11) is -7.01. The smallest absolute Gasteiger partial charge is 0.327 e. The SMILES string of the molecule is CC(=S)COC(=O)C(C)(C)C.CC(C)(C)CCSS(C)(=O)=O.CC(C)(C)OCC(N)=S.CC(C)(C)OCCCSS(C)(=O)=O.CC(C)(C)c1ccc(P(=S)([S-])N2CCCCC2)cc1.CC(C)CC(=O)NC(CS)C(=O)O.CC(C)NC(CCC(N)=S)C(=O)O.CC(C)OS(=O)(=O)CCS.Cc1ccc(P2(=S)SP(=S)(c3ccc(C(C)(C)C)cc3)S2)cc1. The summed E-state index contributed by atoms with van der Waals surface area (Å²) in [5, 5.41) is 24.5. The Morgan fingerprint density at radius 2 is 1.07 bits per heavy atom. The number of piperidine rings is 1. The number of nitrogens with zero attached hydrogens (tertiary/aromatic N) is 1. The second-order valence-electron chi connectivity index (χ2n) is 35.8. The van der Waals surface area contributed by atoms with Crippen LogP contribution in [-0.4, -0.2) is 188 Å². The largest absolute Gasteiger partial charge is 0.727 e. The molecule has 3 aromatic carbocycles. The van der Waals surface area contributed by atoms with Crippen LogP contribution in [0.15, 0.2) is 72.8 Å². The number of nitrogens with one attached hydrogen (secondary N) is 2. The van der Waals surface area contributed by atoms with Gasteiger partial charge in [0, 0.05) is 83.2 Å². The fourth-order valence-electron chi connectivity index (χ4n) is 8.85. The first-order chi connectivity index (χ1) is 55.0. The van der Waals surface area contributed by atoms with Gasteiger partial charge in [-0.1, -0.05) is 262 Å². The molecule has 40 heteroatoms. The van der Waals surface area contributed by atoms with E-state index in [-0.39, 0.29) is 75.5 Å². The maximum absolute atomic E-state index is 11.1. The fourth-order valence-corrected chi connectivity index (χ4v) is 60.5. The van der Waals surface area contributed by atoms with E-state index in [4.69, 9.17) is 95.8 Å². The van der Waals surface area contributed by atoms with Crippen LogP contribution in [0.2, 0.25) is 0 Å². The quantitative estimate of drug-likeness (QED) is 0.00434. The maximum atomic E-state index is 11.1. The lowest BCUT2D eigenvalue weighted by Gasteiger charge is -2.43. The highest BCUT2D eigenvalue weighted by Crippen LogP contribution is 3.04. The first-order valence-electron chi connectivity index (χ1n) is 39.8. The van der Waals surface area contributed by atoms with Crippen LogP contribution in [0.25, 0.3) is 0 Å². The predicted molar refractivity (Wildman–Crippen MR) is 564 cm³/mol. The molecule has 2 aliphatic rings. The molecular weight excluding hydrogens is 1920 g/mol. The Hall–Kier alpha value is -0.540. The molecule has 5 rings (SSSR count). The number of benzene rings is 3. The van der Waals surface area contributed by atoms with E-state index in [0.29, 0.717) is 64.6 Å². The summed E-state index contributed by atoms with van der Waals surface area (Å²) < 4.78 is 83.7. The molecule has 1 amide bonds. The number of carbonyl (C=O) groups is 4. The van der Waals surface area contributed by atoms with Crippen LogP contribution in [-0.2, 0) is 124 Å². The van der Waals surface area contributed by atoms with Gasteiger partial charge in [0.1, 0.15) is 18.7 Å². The number of esters is 1. The summed E-state index contributed by atoms with van der Waals surface area (Å²) >= 11 is 49.1. The van der Waals surface area contributed by atoms with E-state index in [1.165, 1.54) is 64.4 Å². The zero-order valence-electron chi connectivity index (χ0n) is 77.2. The van der Waals surface area contributed by atoms with Crippen LogP contribution in [0.1, 0.15) is 241 Å². The number of hydrogen-bond donors (Lipinski definition) is 8. The van der Waals surface area contributed by atoms with E-state index < -0.39 is 71.6 Å². The Kier molecular flexibility index (Phi) is 63.4. The number of aliphatic carboxylic acids is 2. The maximum Gasteiger partial charge on any atom is 0.327 e. The molecule has 122 heavy (non-hydrogen) atoms. The lowest BCUT2D eigenvalue weighted by Crippen LogP contribution is -2.42. The van der Waals surface area contributed by atoms with E-state index in [0.717, 1.165) is 47.5 Å². The van der Waals surface area contributed by atoms with E-state index >= 15 is 0 Å². The van der Waals surface area contributed by atoms with Crippen LogP contribution in [0, 0.1) is 23.7 Å². The predicted octanol–water partition coefficient (Wildman–Crippen LogP) is 19.1. The first kappa shape index (κ1) is 128. The van der Waals surface area contributed by atoms with Crippen molar-refractivity contribution >= 4 is 250 Å². The lowest BCUT2D eigenvalue weighted by molar-refractivity contribution is -0.151. The van der Waals surface area contributed by atoms with E-state index in [1.807, 2.05) is 112 Å². The van der Waals surface area contributed by atoms with Gasteiger partial charge in [-0.05, 0) is 189 Å². The number of hydrogen-bond acceptors (Lipinski definition) is 28. The summed E-state index contributed by atoms with van der Waals surface area (Å²) in [6.07, 6.45) is 8.98. The number of thiocarbonyl (C=S) groups is 3. The second-order valence-corrected chi connectivity index (χ2v) is 76.5. The number of carboxylic acid groups (broad SMARTS) is 2. The number of amides is 1. The van der Waals surface area contributed by atoms with Crippen LogP contribution in [0.4, 0.5) is 0 Å². The third kappa shape index (κ3) is 68.5. The van der Waals surface area contributed by atoms with E-state index in [2.05, 4.69) is 211 Å². The molecule has 8 N–H and O–H groups in total. The molecule has 2 saturated heterocycles. The molecule has 0 radical (unpaired) electrons. The highest BCUT2D eigenvalue weighted by atomic mass is 33.7. The number of nitrogens with two attached hydrogens (primary N) is 2. The average molecular weight is 2070 g/mol. The topological polar surface area (TPSA) is 327 Å². The van der Waals surface area contributed by atoms with Crippen LogP contribution in [0.3, 0.4) is 0 Å². The van der Waals surface area contributed by atoms with Crippen LogP contribution < -0.4 is 38.0 Å². The zero-order chi connectivity index (χ0) is 96.3. The monoisotopic (exact) mass is 2060 g/mol. The molecule has 0 spiro atoms. The molecule has 0 aromatic heterocycles. The second kappa shape index (κ2) is 60.6. The summed E-state index contributed by atoms with van der Waals surface area (Å²) in [5.74, 6) is -0.427. The van der Waals surface area contributed by atoms with Crippen molar-refractivity contribution in [2.24, 2.45) is 28.2 Å². The fraction of sp³-hybridized carbons (Fsp3) is 0.695. The Labute approximate surface area is 799 Å². The Bertz CT molecular complexity index is 4120. The minimum atomic E-state index is -3.31. The highest BCUT2D eigenvalue weighted by molar-refractivity contribution is 9.48. The molecule has 2 aliphatic heterocycles. The third-order valence-corrected chi connectivity index (χ3v) is 59.1. The van der Waals surface area contributed by atoms with Gasteiger partial charge in [-0.3, -0.25) is 23.2 Å². The van der Waals surface area contributed by atoms with Crippen LogP contribution >= 0.6 is 120 Å². The Balaban J connectivity index is -0.000000654. The summed E-state index contributed by atoms with van der Waals surface area (Å²) in [6, 6.07) is 25.1. The van der Waals surface area contributed by atoms with E-state index in [9.17, 15) is 44.4 Å². The molecule has 3 aromatic rings. The van der Waals surface area contributed by atoms with Crippen LogP contribution in [0.5, 0.6) is 0 Å². The van der Waals surface area contributed by atoms with Gasteiger partial charge in [0.25, 0.3) is 10.1 Å². The van der Waals surface area contributed by atoms with Crippen molar-refractivity contribution in [1.82, 2.24) is 15.3 Å². The lowest BCUT2D eigenvalue weighted by atomic mass is 9.87. The molecule has 708 valence electrons. The molecule has 0 saturated carbocycles. The summed E-state index contributed by atoms with van der Waals surface area (Å²) in [5.41, 5.74) is 14.4. The van der Waals surface area contributed by atoms with Gasteiger partial charge >= 0.3 is 17.9 Å². The van der Waals surface area contributed by atoms with Gasteiger partial charge < -0.3 is 58.8 Å². The average Bonchev–Trinajstić information content (AvgIpc) is 0.726. The number of aryl methyl sites for hydroxylation is 1. The molecule has 2 fully saturated rings. The van der Waals surface area contributed by atoms with Crippen molar-refractivity contribution < 1.29 is 73.0 Å². The van der Waals surface area contributed by atoms with Gasteiger partial charge in [0.05, 0.1) is 53.9 Å². The van der Waals surface area contributed by atoms with Crippen molar-refractivity contribution in [1.29, 1.82) is 0 Å². The van der Waals surface area contributed by atoms with Crippen molar-refractivity contribution in [3.05, 3.63) is 89.5 Å². The molecule has 3 unspecified atom stereocenters. The van der Waals surface area contributed by atoms with Crippen molar-refractivity contribution in [2.75, 3.05) is 74.2 Å². The Morgan fingerprint density at radius 3 is 1.40 bits per heavy atom. The minimum absolute atomic E-state index is 0.0196. The molecule has 3 atom stereocenters. The van der Waals surface area contributed by atoms with Crippen molar-refractivity contribution in [2.45, 2.75) is 278 Å². The number of carboxylic acids is 2. The molecular formula is C82H147N5O16P3S16-.